The molecule has 2 heterocycles. The maximum atomic E-state index is 12.1. The number of amides is 1. The summed E-state index contributed by atoms with van der Waals surface area (Å²) in [6.45, 7) is 6.80. The van der Waals surface area contributed by atoms with Crippen LogP contribution in [-0.2, 0) is 9.53 Å². The zero-order chi connectivity index (χ0) is 15.2. The molecular formula is C16H23N3O3. The standard InChI is InChI=1S/C16H23N3O3/c20-16(17-5-6-18-7-10-21-11-8-18)13-19-9-12-22-15-4-2-1-3-14(15)19/h1-4H,5-13H2,(H,17,20). The monoisotopic (exact) mass is 305 g/mol. The van der Waals surface area contributed by atoms with Gasteiger partial charge in [0.2, 0.25) is 5.91 Å². The van der Waals surface area contributed by atoms with Crippen LogP contribution in [0.2, 0.25) is 0 Å². The Balaban J connectivity index is 1.44. The molecule has 1 N–H and O–H groups in total. The molecule has 6 nitrogen and oxygen atoms in total. The van der Waals surface area contributed by atoms with Crippen LogP contribution in [0.3, 0.4) is 0 Å². The fraction of sp³-hybridized carbons (Fsp3) is 0.562. The van der Waals surface area contributed by atoms with E-state index in [4.69, 9.17) is 9.47 Å². The Morgan fingerprint density at radius 2 is 1.95 bits per heavy atom. The Kier molecular flexibility index (Phi) is 5.13. The predicted molar refractivity (Wildman–Crippen MR) is 84.4 cm³/mol. The fourth-order valence-electron chi connectivity index (χ4n) is 2.80. The summed E-state index contributed by atoms with van der Waals surface area (Å²) in [5.41, 5.74) is 0.997. The zero-order valence-electron chi connectivity index (χ0n) is 12.8. The number of fused-ring (bicyclic) bond motifs is 1. The summed E-state index contributed by atoms with van der Waals surface area (Å²) in [4.78, 5) is 16.5. The van der Waals surface area contributed by atoms with Gasteiger partial charge in [0.05, 0.1) is 32.0 Å². The van der Waals surface area contributed by atoms with Crippen LogP contribution in [0.5, 0.6) is 5.75 Å². The van der Waals surface area contributed by atoms with Gasteiger partial charge in [-0.2, -0.15) is 0 Å². The molecule has 1 aromatic rings. The highest BCUT2D eigenvalue weighted by molar-refractivity contribution is 5.82. The van der Waals surface area contributed by atoms with Crippen LogP contribution in [0.1, 0.15) is 0 Å². The first-order valence-electron chi connectivity index (χ1n) is 7.86. The van der Waals surface area contributed by atoms with E-state index in [2.05, 4.69) is 15.1 Å². The van der Waals surface area contributed by atoms with Gasteiger partial charge in [0.1, 0.15) is 12.4 Å². The van der Waals surface area contributed by atoms with Crippen LogP contribution in [0, 0.1) is 0 Å². The van der Waals surface area contributed by atoms with E-state index < -0.39 is 0 Å². The minimum Gasteiger partial charge on any atom is -0.490 e. The molecular weight excluding hydrogens is 282 g/mol. The SMILES string of the molecule is O=C(CN1CCOc2ccccc21)NCCN1CCOCC1. The highest BCUT2D eigenvalue weighted by Crippen LogP contribution is 2.30. The normalized spacial score (nSPS) is 18.5. The number of carbonyl (C=O) groups excluding carboxylic acids is 1. The summed E-state index contributed by atoms with van der Waals surface area (Å²) in [7, 11) is 0. The summed E-state index contributed by atoms with van der Waals surface area (Å²) in [6, 6.07) is 7.86. The average molecular weight is 305 g/mol. The Labute approximate surface area is 131 Å². The summed E-state index contributed by atoms with van der Waals surface area (Å²) >= 11 is 0. The molecule has 0 bridgehead atoms. The number of carbonyl (C=O) groups is 1. The number of morpholine rings is 1. The first-order valence-corrected chi connectivity index (χ1v) is 7.86. The van der Waals surface area contributed by atoms with E-state index in [0.29, 0.717) is 19.7 Å². The van der Waals surface area contributed by atoms with Crippen molar-refractivity contribution in [3.05, 3.63) is 24.3 Å². The molecule has 0 aromatic heterocycles. The van der Waals surface area contributed by atoms with Gasteiger partial charge in [0.25, 0.3) is 0 Å². The second-order valence-electron chi connectivity index (χ2n) is 5.54. The van der Waals surface area contributed by atoms with Crippen molar-refractivity contribution in [1.82, 2.24) is 10.2 Å². The average Bonchev–Trinajstić information content (AvgIpc) is 2.56. The molecule has 1 amide bonds. The number of nitrogens with one attached hydrogen (secondary N) is 1. The lowest BCUT2D eigenvalue weighted by Gasteiger charge is -2.31. The molecule has 0 radical (unpaired) electrons. The number of hydrogen-bond donors (Lipinski definition) is 1. The van der Waals surface area contributed by atoms with E-state index in [1.165, 1.54) is 0 Å². The highest BCUT2D eigenvalue weighted by Gasteiger charge is 2.19. The summed E-state index contributed by atoms with van der Waals surface area (Å²) in [5.74, 6) is 0.917. The van der Waals surface area contributed by atoms with Gasteiger partial charge in [-0.25, -0.2) is 0 Å². The zero-order valence-corrected chi connectivity index (χ0v) is 12.8. The quantitative estimate of drug-likeness (QED) is 0.850. The van der Waals surface area contributed by atoms with Crippen LogP contribution in [0.4, 0.5) is 5.69 Å². The Hall–Kier alpha value is -1.79. The number of rotatable bonds is 5. The number of para-hydroxylation sites is 2. The lowest BCUT2D eigenvalue weighted by molar-refractivity contribution is -0.119. The van der Waals surface area contributed by atoms with E-state index in [9.17, 15) is 4.79 Å². The first kappa shape index (κ1) is 15.1. The Morgan fingerprint density at radius 1 is 1.14 bits per heavy atom. The minimum absolute atomic E-state index is 0.0602. The maximum absolute atomic E-state index is 12.1. The van der Waals surface area contributed by atoms with Crippen LogP contribution < -0.4 is 15.0 Å². The van der Waals surface area contributed by atoms with Gasteiger partial charge in [-0.05, 0) is 12.1 Å². The van der Waals surface area contributed by atoms with Crippen molar-refractivity contribution >= 4 is 11.6 Å². The minimum atomic E-state index is 0.0602. The number of nitrogens with zero attached hydrogens (tertiary/aromatic N) is 2. The second-order valence-corrected chi connectivity index (χ2v) is 5.54. The smallest absolute Gasteiger partial charge is 0.239 e. The first-order chi connectivity index (χ1) is 10.8. The second kappa shape index (κ2) is 7.47. The molecule has 0 atom stereocenters. The molecule has 0 saturated carbocycles. The van der Waals surface area contributed by atoms with Gasteiger partial charge in [-0.3, -0.25) is 9.69 Å². The lowest BCUT2D eigenvalue weighted by Crippen LogP contribution is -2.45. The van der Waals surface area contributed by atoms with Crippen molar-refractivity contribution in [2.45, 2.75) is 0 Å². The fourth-order valence-corrected chi connectivity index (χ4v) is 2.80. The third-order valence-corrected chi connectivity index (χ3v) is 4.01. The van der Waals surface area contributed by atoms with Crippen LogP contribution >= 0.6 is 0 Å². The molecule has 22 heavy (non-hydrogen) atoms. The third-order valence-electron chi connectivity index (χ3n) is 4.01. The Bertz CT molecular complexity index is 503. The molecule has 0 aliphatic carbocycles. The molecule has 0 spiro atoms. The van der Waals surface area contributed by atoms with E-state index >= 15 is 0 Å². The summed E-state index contributed by atoms with van der Waals surface area (Å²) in [5, 5.41) is 3.00. The van der Waals surface area contributed by atoms with Crippen LogP contribution in [-0.4, -0.2) is 69.9 Å². The van der Waals surface area contributed by atoms with Gasteiger partial charge in [-0.1, -0.05) is 12.1 Å². The number of hydrogen-bond acceptors (Lipinski definition) is 5. The van der Waals surface area contributed by atoms with Gasteiger partial charge in [-0.15, -0.1) is 0 Å². The Morgan fingerprint density at radius 3 is 2.82 bits per heavy atom. The summed E-state index contributed by atoms with van der Waals surface area (Å²) < 4.78 is 10.9. The molecule has 2 aliphatic heterocycles. The van der Waals surface area contributed by atoms with E-state index in [0.717, 1.165) is 50.8 Å². The van der Waals surface area contributed by atoms with E-state index in [1.807, 2.05) is 24.3 Å². The molecule has 6 heteroatoms. The maximum Gasteiger partial charge on any atom is 0.239 e. The van der Waals surface area contributed by atoms with Crippen molar-refractivity contribution in [2.75, 3.05) is 64.0 Å². The van der Waals surface area contributed by atoms with Crippen molar-refractivity contribution in [3.8, 4) is 5.75 Å². The predicted octanol–water partition coefficient (Wildman–Crippen LogP) is 0.334. The molecule has 0 unspecified atom stereocenters. The van der Waals surface area contributed by atoms with Crippen LogP contribution in [0.25, 0.3) is 0 Å². The van der Waals surface area contributed by atoms with Crippen molar-refractivity contribution in [3.63, 3.8) is 0 Å². The van der Waals surface area contributed by atoms with Crippen LogP contribution in [0.15, 0.2) is 24.3 Å². The molecule has 2 aliphatic rings. The number of ether oxygens (including phenoxy) is 2. The topological polar surface area (TPSA) is 54.0 Å². The van der Waals surface area contributed by atoms with E-state index in [1.54, 1.807) is 0 Å². The summed E-state index contributed by atoms with van der Waals surface area (Å²) in [6.07, 6.45) is 0. The molecule has 120 valence electrons. The molecule has 1 fully saturated rings. The van der Waals surface area contributed by atoms with Crippen molar-refractivity contribution in [1.29, 1.82) is 0 Å². The lowest BCUT2D eigenvalue weighted by atomic mass is 10.2. The number of anilines is 1. The highest BCUT2D eigenvalue weighted by atomic mass is 16.5. The largest absolute Gasteiger partial charge is 0.490 e. The van der Waals surface area contributed by atoms with Crippen molar-refractivity contribution in [2.24, 2.45) is 0 Å². The van der Waals surface area contributed by atoms with Crippen molar-refractivity contribution < 1.29 is 14.3 Å². The molecule has 3 rings (SSSR count). The van der Waals surface area contributed by atoms with Gasteiger partial charge >= 0.3 is 0 Å². The van der Waals surface area contributed by atoms with Gasteiger partial charge in [0.15, 0.2) is 0 Å². The molecule has 1 saturated heterocycles. The van der Waals surface area contributed by atoms with Gasteiger partial charge < -0.3 is 19.7 Å². The third kappa shape index (κ3) is 3.90. The number of benzene rings is 1. The van der Waals surface area contributed by atoms with Gasteiger partial charge in [0, 0.05) is 26.2 Å². The van der Waals surface area contributed by atoms with E-state index in [-0.39, 0.29) is 5.91 Å². The molecule has 1 aromatic carbocycles.